The van der Waals surface area contributed by atoms with Gasteiger partial charge in [-0.05, 0) is 75.0 Å². The lowest BCUT2D eigenvalue weighted by molar-refractivity contribution is 0.102. The molecule has 2 atom stereocenters. The van der Waals surface area contributed by atoms with Gasteiger partial charge in [0.05, 0.1) is 16.8 Å². The lowest BCUT2D eigenvalue weighted by Gasteiger charge is -2.34. The number of rotatable bonds is 3. The Kier molecular flexibility index (Phi) is 4.61. The number of nitrogens with one attached hydrogen (secondary N) is 1. The van der Waals surface area contributed by atoms with Gasteiger partial charge in [0.2, 0.25) is 0 Å². The van der Waals surface area contributed by atoms with Gasteiger partial charge >= 0.3 is 0 Å². The molecule has 2 aliphatic heterocycles. The van der Waals surface area contributed by atoms with Crippen LogP contribution in [0.15, 0.2) is 53.1 Å². The topological polar surface area (TPSA) is 45.5 Å². The van der Waals surface area contributed by atoms with Gasteiger partial charge in [-0.25, -0.2) is 0 Å². The minimum atomic E-state index is -0.200. The zero-order chi connectivity index (χ0) is 19.1. The van der Waals surface area contributed by atoms with Crippen LogP contribution in [0.2, 0.25) is 5.02 Å². The van der Waals surface area contributed by atoms with E-state index in [0.717, 1.165) is 16.7 Å². The smallest absolute Gasteiger partial charge is 0.257 e. The fraction of sp³-hybridized carbons (Fsp3) is 0.348. The van der Waals surface area contributed by atoms with Crippen molar-refractivity contribution >= 4 is 34.2 Å². The number of fused-ring (bicyclic) bond motifs is 2. The number of hydrogen-bond acceptors (Lipinski definition) is 3. The van der Waals surface area contributed by atoms with Crippen LogP contribution in [0.25, 0.3) is 11.0 Å². The van der Waals surface area contributed by atoms with E-state index in [9.17, 15) is 4.79 Å². The number of carbonyl (C=O) groups excluding carboxylic acids is 1. The molecule has 0 bridgehead atoms. The third-order valence-electron chi connectivity index (χ3n) is 6.24. The van der Waals surface area contributed by atoms with Crippen molar-refractivity contribution in [1.82, 2.24) is 4.90 Å². The number of benzene rings is 2. The van der Waals surface area contributed by atoms with Crippen molar-refractivity contribution in [2.24, 2.45) is 0 Å². The molecule has 5 heteroatoms. The molecule has 0 saturated carbocycles. The van der Waals surface area contributed by atoms with E-state index < -0.39 is 0 Å². The standard InChI is InChI=1S/C23H23ClN2O2/c24-21-6-2-1-5-18(21)23(27)25-16-7-8-22-19(13-16)20(14-28-22)15-9-11-26-10-3-4-17(26)12-15/h1-2,5-8,13-15,17H,3-4,9-12H2,(H,25,27). The Morgan fingerprint density at radius 1 is 1.14 bits per heavy atom. The fourth-order valence-corrected chi connectivity index (χ4v) is 5.01. The summed E-state index contributed by atoms with van der Waals surface area (Å²) in [5.41, 5.74) is 3.39. The molecule has 2 aliphatic rings. The van der Waals surface area contributed by atoms with Gasteiger partial charge in [0.15, 0.2) is 0 Å². The molecule has 2 fully saturated rings. The lowest BCUT2D eigenvalue weighted by atomic mass is 9.85. The number of piperidine rings is 1. The second-order valence-electron chi connectivity index (χ2n) is 7.89. The molecule has 2 unspecified atom stereocenters. The van der Waals surface area contributed by atoms with Gasteiger partial charge < -0.3 is 14.6 Å². The molecular formula is C23H23ClN2O2. The highest BCUT2D eigenvalue weighted by Crippen LogP contribution is 2.40. The monoisotopic (exact) mass is 394 g/mol. The van der Waals surface area contributed by atoms with Crippen molar-refractivity contribution < 1.29 is 9.21 Å². The Labute approximate surface area is 169 Å². The Morgan fingerprint density at radius 3 is 2.93 bits per heavy atom. The molecule has 0 aliphatic carbocycles. The minimum Gasteiger partial charge on any atom is -0.464 e. The summed E-state index contributed by atoms with van der Waals surface area (Å²) in [7, 11) is 0. The molecule has 28 heavy (non-hydrogen) atoms. The maximum atomic E-state index is 12.6. The Morgan fingerprint density at radius 2 is 2.04 bits per heavy atom. The fourth-order valence-electron chi connectivity index (χ4n) is 4.79. The molecule has 0 radical (unpaired) electrons. The number of furan rings is 1. The van der Waals surface area contributed by atoms with Crippen molar-refractivity contribution in [1.29, 1.82) is 0 Å². The van der Waals surface area contributed by atoms with Crippen LogP contribution in [0, 0.1) is 0 Å². The van der Waals surface area contributed by atoms with Gasteiger partial charge in [0, 0.05) is 22.7 Å². The van der Waals surface area contributed by atoms with Gasteiger partial charge in [-0.3, -0.25) is 4.79 Å². The number of anilines is 1. The molecule has 144 valence electrons. The molecule has 2 aromatic carbocycles. The molecule has 1 aromatic heterocycles. The Bertz CT molecular complexity index is 1030. The number of nitrogens with zero attached hydrogens (tertiary/aromatic N) is 1. The summed E-state index contributed by atoms with van der Waals surface area (Å²) in [6, 6.07) is 13.6. The van der Waals surface area contributed by atoms with Crippen LogP contribution in [-0.2, 0) is 0 Å². The first-order valence-electron chi connectivity index (χ1n) is 10.00. The summed E-state index contributed by atoms with van der Waals surface area (Å²) in [5, 5.41) is 4.53. The van der Waals surface area contributed by atoms with E-state index in [1.807, 2.05) is 36.6 Å². The second kappa shape index (κ2) is 7.26. The van der Waals surface area contributed by atoms with Crippen LogP contribution in [-0.4, -0.2) is 29.9 Å². The minimum absolute atomic E-state index is 0.200. The van der Waals surface area contributed by atoms with Gasteiger partial charge in [-0.1, -0.05) is 23.7 Å². The predicted molar refractivity (Wildman–Crippen MR) is 112 cm³/mol. The van der Waals surface area contributed by atoms with E-state index in [1.54, 1.807) is 12.1 Å². The first kappa shape index (κ1) is 17.8. The SMILES string of the molecule is O=C(Nc1ccc2occ(C3CCN4CCCC4C3)c2c1)c1ccccc1Cl. The molecule has 1 amide bonds. The van der Waals surface area contributed by atoms with E-state index in [4.69, 9.17) is 16.0 Å². The van der Waals surface area contributed by atoms with Crippen LogP contribution >= 0.6 is 11.6 Å². The quantitative estimate of drug-likeness (QED) is 0.621. The van der Waals surface area contributed by atoms with Gasteiger partial charge in [0.25, 0.3) is 5.91 Å². The second-order valence-corrected chi connectivity index (χ2v) is 8.30. The molecular weight excluding hydrogens is 372 g/mol. The summed E-state index contributed by atoms with van der Waals surface area (Å²) < 4.78 is 5.83. The first-order chi connectivity index (χ1) is 13.7. The van der Waals surface area contributed by atoms with E-state index in [-0.39, 0.29) is 5.91 Å². The van der Waals surface area contributed by atoms with Crippen molar-refractivity contribution in [3.8, 4) is 0 Å². The molecule has 3 heterocycles. The van der Waals surface area contributed by atoms with Crippen molar-refractivity contribution in [3.05, 3.63) is 64.9 Å². The molecule has 4 nitrogen and oxygen atoms in total. The van der Waals surface area contributed by atoms with Crippen LogP contribution in [0.1, 0.15) is 47.5 Å². The predicted octanol–water partition coefficient (Wildman–Crippen LogP) is 5.68. The van der Waals surface area contributed by atoms with Crippen molar-refractivity contribution in [2.45, 2.75) is 37.6 Å². The molecule has 5 rings (SSSR count). The average molecular weight is 395 g/mol. The van der Waals surface area contributed by atoms with E-state index >= 15 is 0 Å². The van der Waals surface area contributed by atoms with E-state index in [1.165, 1.54) is 44.3 Å². The third-order valence-corrected chi connectivity index (χ3v) is 6.57. The van der Waals surface area contributed by atoms with E-state index in [2.05, 4.69) is 10.2 Å². The van der Waals surface area contributed by atoms with Gasteiger partial charge in [-0.2, -0.15) is 0 Å². The number of amides is 1. The zero-order valence-corrected chi connectivity index (χ0v) is 16.4. The number of halogens is 1. The zero-order valence-electron chi connectivity index (χ0n) is 15.7. The van der Waals surface area contributed by atoms with Crippen LogP contribution in [0.5, 0.6) is 0 Å². The van der Waals surface area contributed by atoms with Gasteiger partial charge in [0.1, 0.15) is 5.58 Å². The highest BCUT2D eigenvalue weighted by molar-refractivity contribution is 6.34. The van der Waals surface area contributed by atoms with Crippen LogP contribution < -0.4 is 5.32 Å². The molecule has 1 N–H and O–H groups in total. The van der Waals surface area contributed by atoms with Crippen LogP contribution in [0.4, 0.5) is 5.69 Å². The summed E-state index contributed by atoms with van der Waals surface area (Å²) in [5.74, 6) is 0.323. The Hall–Kier alpha value is -2.30. The van der Waals surface area contributed by atoms with Crippen LogP contribution in [0.3, 0.4) is 0 Å². The van der Waals surface area contributed by atoms with Crippen molar-refractivity contribution in [3.63, 3.8) is 0 Å². The third kappa shape index (κ3) is 3.21. The molecule has 0 spiro atoms. The summed E-state index contributed by atoms with van der Waals surface area (Å²) in [4.78, 5) is 15.2. The van der Waals surface area contributed by atoms with Crippen molar-refractivity contribution in [2.75, 3.05) is 18.4 Å². The summed E-state index contributed by atoms with van der Waals surface area (Å²) in [6.07, 6.45) is 6.92. The largest absolute Gasteiger partial charge is 0.464 e. The molecule has 3 aromatic rings. The van der Waals surface area contributed by atoms with Gasteiger partial charge in [-0.15, -0.1) is 0 Å². The summed E-state index contributed by atoms with van der Waals surface area (Å²) in [6.45, 7) is 2.42. The number of carbonyl (C=O) groups is 1. The maximum absolute atomic E-state index is 12.6. The highest BCUT2D eigenvalue weighted by atomic mass is 35.5. The van der Waals surface area contributed by atoms with E-state index in [0.29, 0.717) is 22.5 Å². The normalized spacial score (nSPS) is 22.3. The Balaban J connectivity index is 1.41. The molecule has 2 saturated heterocycles. The maximum Gasteiger partial charge on any atom is 0.257 e. The lowest BCUT2D eigenvalue weighted by Crippen LogP contribution is -2.37. The summed E-state index contributed by atoms with van der Waals surface area (Å²) >= 11 is 6.15. The highest BCUT2D eigenvalue weighted by Gasteiger charge is 2.33. The first-order valence-corrected chi connectivity index (χ1v) is 10.4. The average Bonchev–Trinajstić information content (AvgIpc) is 3.34. The number of hydrogen-bond donors (Lipinski definition) is 1.